The Bertz CT molecular complexity index is 1590. The number of rotatable bonds is 14. The fourth-order valence-electron chi connectivity index (χ4n) is 4.96. The van der Waals surface area contributed by atoms with E-state index in [1.165, 1.54) is 32.1 Å². The van der Waals surface area contributed by atoms with Gasteiger partial charge in [0.1, 0.15) is 11.3 Å². The van der Waals surface area contributed by atoms with Crippen molar-refractivity contribution in [1.82, 2.24) is 4.98 Å². The number of fused-ring (bicyclic) bond motifs is 1. The first-order valence-electron chi connectivity index (χ1n) is 14.9. The highest BCUT2D eigenvalue weighted by Crippen LogP contribution is 2.47. The Balaban J connectivity index is 1.32. The van der Waals surface area contributed by atoms with E-state index in [9.17, 15) is 0 Å². The Morgan fingerprint density at radius 2 is 1.36 bits per heavy atom. The third-order valence-electron chi connectivity index (χ3n) is 7.29. The van der Waals surface area contributed by atoms with Crippen LogP contribution >= 0.6 is 6.26 Å². The van der Waals surface area contributed by atoms with Crippen LogP contribution in [0.15, 0.2) is 115 Å². The number of benzene rings is 4. The second kappa shape index (κ2) is 15.0. The molecule has 0 aliphatic heterocycles. The van der Waals surface area contributed by atoms with Crippen molar-refractivity contribution < 1.29 is 9.26 Å². The topological polar surface area (TPSA) is 31.4 Å². The molecule has 1 aromatic heterocycles. The molecule has 0 aliphatic carbocycles. The van der Waals surface area contributed by atoms with Crippen molar-refractivity contribution in [2.45, 2.75) is 45.4 Å². The van der Waals surface area contributed by atoms with Gasteiger partial charge >= 0.3 is 0 Å². The molecule has 0 unspecified atom stereocenters. The van der Waals surface area contributed by atoms with Crippen molar-refractivity contribution in [3.05, 3.63) is 127 Å². The SMILES string of the molecule is CCCCCCCCOc1ccc(/C=C/c2ccnc3c(OP(=S)(c4ccccc4)c4ccccc4)cccc23)cc1. The van der Waals surface area contributed by atoms with E-state index >= 15 is 0 Å². The van der Waals surface area contributed by atoms with E-state index < -0.39 is 6.26 Å². The highest BCUT2D eigenvalue weighted by Gasteiger charge is 2.26. The first-order valence-corrected chi connectivity index (χ1v) is 17.6. The number of ether oxygens (including phenoxy) is 1. The van der Waals surface area contributed by atoms with E-state index in [1.807, 2.05) is 72.9 Å². The zero-order valence-electron chi connectivity index (χ0n) is 24.2. The highest BCUT2D eigenvalue weighted by molar-refractivity contribution is 8.19. The van der Waals surface area contributed by atoms with Gasteiger partial charge in [0.2, 0.25) is 0 Å². The standard InChI is InChI=1S/C37H38NO2PS/c1-2-3-4-5-6-13-29-39-32-25-22-30(23-26-32)21-24-31-27-28-38-37-35(31)19-14-20-36(37)40-41(42,33-15-9-7-10-16-33)34-17-11-8-12-18-34/h7-12,14-28H,2-6,13,29H2,1H3/b24-21+. The maximum absolute atomic E-state index is 6.81. The lowest BCUT2D eigenvalue weighted by atomic mass is 10.1. The van der Waals surface area contributed by atoms with Gasteiger partial charge in [0.15, 0.2) is 12.0 Å². The lowest BCUT2D eigenvalue weighted by Gasteiger charge is -2.25. The lowest BCUT2D eigenvalue weighted by Crippen LogP contribution is -2.19. The lowest BCUT2D eigenvalue weighted by molar-refractivity contribution is 0.304. The largest absolute Gasteiger partial charge is 0.494 e. The number of nitrogens with zero attached hydrogens (tertiary/aromatic N) is 1. The van der Waals surface area contributed by atoms with Crippen molar-refractivity contribution in [1.29, 1.82) is 0 Å². The Morgan fingerprint density at radius 3 is 2.05 bits per heavy atom. The molecule has 214 valence electrons. The second-order valence-corrected chi connectivity index (χ2v) is 14.2. The van der Waals surface area contributed by atoms with Gasteiger partial charge in [-0.05, 0) is 53.6 Å². The third kappa shape index (κ3) is 7.56. The number of aromatic nitrogens is 1. The van der Waals surface area contributed by atoms with Crippen LogP contribution in [0.2, 0.25) is 0 Å². The van der Waals surface area contributed by atoms with Gasteiger partial charge in [-0.15, -0.1) is 0 Å². The van der Waals surface area contributed by atoms with Crippen LogP contribution in [-0.4, -0.2) is 11.6 Å². The number of para-hydroxylation sites is 1. The van der Waals surface area contributed by atoms with Gasteiger partial charge in [-0.2, -0.15) is 0 Å². The summed E-state index contributed by atoms with van der Waals surface area (Å²) in [5, 5.41) is 3.05. The normalized spacial score (nSPS) is 11.6. The van der Waals surface area contributed by atoms with Gasteiger partial charge in [0, 0.05) is 22.2 Å². The molecule has 0 spiro atoms. The van der Waals surface area contributed by atoms with Crippen LogP contribution in [0.5, 0.6) is 11.5 Å². The van der Waals surface area contributed by atoms with E-state index in [0.29, 0.717) is 5.75 Å². The Hall–Kier alpha value is -3.72. The summed E-state index contributed by atoms with van der Waals surface area (Å²) < 4.78 is 12.8. The molecule has 0 N–H and O–H groups in total. The van der Waals surface area contributed by atoms with Crippen molar-refractivity contribution in [2.24, 2.45) is 0 Å². The van der Waals surface area contributed by atoms with Crippen LogP contribution in [-0.2, 0) is 11.8 Å². The number of pyridine rings is 1. The summed E-state index contributed by atoms with van der Waals surface area (Å²) in [6.07, 6.45) is 11.1. The molecular formula is C37H38NO2PS. The molecule has 0 atom stereocenters. The first kappa shape index (κ1) is 29.8. The zero-order valence-corrected chi connectivity index (χ0v) is 25.9. The zero-order chi connectivity index (χ0) is 29.0. The maximum Gasteiger partial charge on any atom is 0.171 e. The molecule has 1 heterocycles. The molecule has 0 radical (unpaired) electrons. The molecule has 0 saturated heterocycles. The van der Waals surface area contributed by atoms with Gasteiger partial charge in [0.25, 0.3) is 0 Å². The van der Waals surface area contributed by atoms with Crippen LogP contribution < -0.4 is 19.9 Å². The van der Waals surface area contributed by atoms with Gasteiger partial charge < -0.3 is 9.26 Å². The molecule has 3 nitrogen and oxygen atoms in total. The first-order chi connectivity index (χ1) is 20.7. The predicted octanol–water partition coefficient (Wildman–Crippen LogP) is 9.57. The summed E-state index contributed by atoms with van der Waals surface area (Å²) in [6.45, 7) is 3.02. The van der Waals surface area contributed by atoms with Crippen molar-refractivity contribution in [2.75, 3.05) is 6.61 Å². The van der Waals surface area contributed by atoms with Crippen LogP contribution in [0.3, 0.4) is 0 Å². The van der Waals surface area contributed by atoms with E-state index in [2.05, 4.69) is 61.5 Å². The third-order valence-corrected chi connectivity index (χ3v) is 11.2. The molecule has 5 heteroatoms. The molecular weight excluding hydrogens is 553 g/mol. The molecule has 0 fully saturated rings. The molecule has 5 rings (SSSR count). The summed E-state index contributed by atoms with van der Waals surface area (Å²) in [6, 6.07) is 36.7. The minimum absolute atomic E-state index is 0.700. The number of hydrogen-bond donors (Lipinski definition) is 0. The number of hydrogen-bond acceptors (Lipinski definition) is 4. The van der Waals surface area contributed by atoms with E-state index in [1.54, 1.807) is 0 Å². The molecule has 0 aliphatic rings. The van der Waals surface area contributed by atoms with Crippen molar-refractivity contribution in [3.8, 4) is 11.5 Å². The highest BCUT2D eigenvalue weighted by atomic mass is 32.4. The van der Waals surface area contributed by atoms with Crippen molar-refractivity contribution >= 4 is 51.7 Å². The van der Waals surface area contributed by atoms with Gasteiger partial charge in [-0.3, -0.25) is 4.98 Å². The number of unbranched alkanes of at least 4 members (excludes halogenated alkanes) is 5. The fraction of sp³-hybridized carbons (Fsp3) is 0.216. The molecule has 4 aromatic carbocycles. The minimum atomic E-state index is -2.59. The molecule has 0 saturated carbocycles. The Labute approximate surface area is 255 Å². The van der Waals surface area contributed by atoms with E-state index in [-0.39, 0.29) is 0 Å². The fourth-order valence-corrected chi connectivity index (χ4v) is 8.00. The molecule has 0 amide bonds. The van der Waals surface area contributed by atoms with E-state index in [4.69, 9.17) is 26.1 Å². The smallest absolute Gasteiger partial charge is 0.171 e. The Morgan fingerprint density at radius 1 is 0.690 bits per heavy atom. The van der Waals surface area contributed by atoms with Crippen LogP contribution in [0.25, 0.3) is 23.1 Å². The van der Waals surface area contributed by atoms with Gasteiger partial charge in [0.05, 0.1) is 6.61 Å². The summed E-state index contributed by atoms with van der Waals surface area (Å²) in [5.41, 5.74) is 2.99. The average Bonchev–Trinajstić information content (AvgIpc) is 3.05. The van der Waals surface area contributed by atoms with E-state index in [0.717, 1.165) is 51.4 Å². The van der Waals surface area contributed by atoms with Crippen molar-refractivity contribution in [3.63, 3.8) is 0 Å². The molecule has 42 heavy (non-hydrogen) atoms. The summed E-state index contributed by atoms with van der Waals surface area (Å²) >= 11 is 6.33. The molecule has 5 aromatic rings. The van der Waals surface area contributed by atoms with Gasteiger partial charge in [-0.25, -0.2) is 0 Å². The summed E-state index contributed by atoms with van der Waals surface area (Å²) in [7, 11) is 0. The molecule has 0 bridgehead atoms. The predicted molar refractivity (Wildman–Crippen MR) is 183 cm³/mol. The van der Waals surface area contributed by atoms with Crippen LogP contribution in [0.4, 0.5) is 0 Å². The summed E-state index contributed by atoms with van der Waals surface area (Å²) in [5.74, 6) is 1.62. The average molecular weight is 592 g/mol. The Kier molecular flexibility index (Phi) is 10.6. The van der Waals surface area contributed by atoms with Gasteiger partial charge in [-0.1, -0.05) is 136 Å². The monoisotopic (exact) mass is 591 g/mol. The maximum atomic E-state index is 6.81. The van der Waals surface area contributed by atoms with Crippen LogP contribution in [0, 0.1) is 0 Å². The summed E-state index contributed by atoms with van der Waals surface area (Å²) in [4.78, 5) is 4.73. The minimum Gasteiger partial charge on any atom is -0.494 e. The quantitative estimate of drug-likeness (QED) is 0.0951. The second-order valence-electron chi connectivity index (χ2n) is 10.4. The van der Waals surface area contributed by atoms with Crippen LogP contribution in [0.1, 0.15) is 56.6 Å².